The molecule has 0 bridgehead atoms. The summed E-state index contributed by atoms with van der Waals surface area (Å²) in [7, 11) is 3.72. The number of hydrogen-bond donors (Lipinski definition) is 1. The number of nitrogens with one attached hydrogen (secondary N) is 1. The first kappa shape index (κ1) is 25.6. The lowest BCUT2D eigenvalue weighted by Gasteiger charge is -2.23. The summed E-state index contributed by atoms with van der Waals surface area (Å²) in [4.78, 5) is 41.3. The molecule has 1 aromatic carbocycles. The van der Waals surface area contributed by atoms with Crippen LogP contribution < -0.4 is 5.32 Å². The van der Waals surface area contributed by atoms with Crippen LogP contribution in [-0.2, 0) is 22.6 Å². The van der Waals surface area contributed by atoms with E-state index < -0.39 is 0 Å². The van der Waals surface area contributed by atoms with Gasteiger partial charge in [-0.1, -0.05) is 44.2 Å². The molecular formula is C25H36N6O3. The molecule has 1 aliphatic heterocycles. The largest absolute Gasteiger partial charge is 0.345 e. The van der Waals surface area contributed by atoms with Crippen molar-refractivity contribution in [2.45, 2.75) is 52.1 Å². The van der Waals surface area contributed by atoms with Gasteiger partial charge in [-0.2, -0.15) is 0 Å². The highest BCUT2D eigenvalue weighted by atomic mass is 16.2. The SMILES string of the molecule is CC(C)CC(NC(=O)CN(C)C)c1nnc2n1CCN(C(=O)CCC(=O)c1ccccc1)CC2. The van der Waals surface area contributed by atoms with E-state index in [1.807, 2.05) is 41.8 Å². The zero-order valence-corrected chi connectivity index (χ0v) is 20.7. The third-order valence-corrected chi connectivity index (χ3v) is 5.88. The summed E-state index contributed by atoms with van der Waals surface area (Å²) in [5.74, 6) is 1.83. The molecule has 0 aliphatic carbocycles. The fourth-order valence-electron chi connectivity index (χ4n) is 4.23. The Balaban J connectivity index is 1.63. The van der Waals surface area contributed by atoms with Gasteiger partial charge < -0.3 is 19.7 Å². The van der Waals surface area contributed by atoms with E-state index >= 15 is 0 Å². The van der Waals surface area contributed by atoms with E-state index in [0.717, 1.165) is 18.1 Å². The lowest BCUT2D eigenvalue weighted by molar-refractivity contribution is -0.131. The molecule has 2 heterocycles. The molecule has 184 valence electrons. The normalized spacial score (nSPS) is 14.6. The van der Waals surface area contributed by atoms with Gasteiger partial charge in [-0.15, -0.1) is 10.2 Å². The third-order valence-electron chi connectivity index (χ3n) is 5.88. The second kappa shape index (κ2) is 11.9. The first-order valence-electron chi connectivity index (χ1n) is 12.0. The van der Waals surface area contributed by atoms with Gasteiger partial charge in [0, 0.05) is 44.5 Å². The number of Topliss-reactive ketones (excluding diaryl/α,β-unsaturated/α-hetero) is 1. The number of likely N-dealkylation sites (N-methyl/N-ethyl adjacent to an activating group) is 1. The summed E-state index contributed by atoms with van der Waals surface area (Å²) in [5, 5.41) is 11.9. The minimum atomic E-state index is -0.237. The lowest BCUT2D eigenvalue weighted by atomic mass is 10.0. The Morgan fingerprint density at radius 2 is 1.76 bits per heavy atom. The Morgan fingerprint density at radius 1 is 1.03 bits per heavy atom. The molecule has 9 heteroatoms. The minimum Gasteiger partial charge on any atom is -0.345 e. The topological polar surface area (TPSA) is 100 Å². The van der Waals surface area contributed by atoms with Crippen LogP contribution in [0.3, 0.4) is 0 Å². The van der Waals surface area contributed by atoms with Crippen molar-refractivity contribution in [3.8, 4) is 0 Å². The van der Waals surface area contributed by atoms with Crippen LogP contribution in [0.25, 0.3) is 0 Å². The third kappa shape index (κ3) is 6.96. The van der Waals surface area contributed by atoms with Gasteiger partial charge >= 0.3 is 0 Å². The van der Waals surface area contributed by atoms with Crippen LogP contribution in [0.15, 0.2) is 30.3 Å². The Bertz CT molecular complexity index is 986. The number of nitrogens with zero attached hydrogens (tertiary/aromatic N) is 5. The molecule has 1 aliphatic rings. The Kier molecular flexibility index (Phi) is 8.92. The van der Waals surface area contributed by atoms with Crippen LogP contribution in [0.2, 0.25) is 0 Å². The van der Waals surface area contributed by atoms with Crippen molar-refractivity contribution < 1.29 is 14.4 Å². The van der Waals surface area contributed by atoms with Crippen LogP contribution in [0.5, 0.6) is 0 Å². The average molecular weight is 469 g/mol. The fraction of sp³-hybridized carbons (Fsp3) is 0.560. The number of ketones is 1. The summed E-state index contributed by atoms with van der Waals surface area (Å²) in [6, 6.07) is 8.83. The molecule has 1 unspecified atom stereocenters. The Hall–Kier alpha value is -3.07. The maximum absolute atomic E-state index is 12.8. The molecular weight excluding hydrogens is 432 g/mol. The van der Waals surface area contributed by atoms with E-state index in [2.05, 4.69) is 29.4 Å². The van der Waals surface area contributed by atoms with Gasteiger partial charge in [0.25, 0.3) is 0 Å². The predicted molar refractivity (Wildman–Crippen MR) is 129 cm³/mol. The molecule has 1 aromatic heterocycles. The number of benzene rings is 1. The van der Waals surface area contributed by atoms with Crippen molar-refractivity contribution in [1.82, 2.24) is 29.9 Å². The molecule has 0 spiro atoms. The smallest absolute Gasteiger partial charge is 0.234 e. The van der Waals surface area contributed by atoms with Gasteiger partial charge in [-0.3, -0.25) is 14.4 Å². The van der Waals surface area contributed by atoms with Crippen LogP contribution in [-0.4, -0.2) is 75.9 Å². The predicted octanol–water partition coefficient (Wildman–Crippen LogP) is 2.09. The van der Waals surface area contributed by atoms with E-state index in [1.165, 1.54) is 0 Å². The van der Waals surface area contributed by atoms with E-state index in [0.29, 0.717) is 44.1 Å². The number of fused-ring (bicyclic) bond motifs is 1. The monoisotopic (exact) mass is 468 g/mol. The summed E-state index contributed by atoms with van der Waals surface area (Å²) in [5.41, 5.74) is 0.634. The van der Waals surface area contributed by atoms with E-state index in [4.69, 9.17) is 0 Å². The average Bonchev–Trinajstić information content (AvgIpc) is 3.07. The molecule has 0 saturated heterocycles. The highest BCUT2D eigenvalue weighted by Crippen LogP contribution is 2.22. The van der Waals surface area contributed by atoms with Gasteiger partial charge in [0.05, 0.1) is 12.6 Å². The van der Waals surface area contributed by atoms with E-state index in [1.54, 1.807) is 17.0 Å². The van der Waals surface area contributed by atoms with Gasteiger partial charge in [0.2, 0.25) is 11.8 Å². The standard InChI is InChI=1S/C25H36N6O3/c1-18(2)16-20(26-23(33)17-29(3)4)25-28-27-22-12-13-30(14-15-31(22)25)24(34)11-10-21(32)19-8-6-5-7-9-19/h5-9,18,20H,10-17H2,1-4H3,(H,26,33). The molecule has 1 atom stereocenters. The van der Waals surface area contributed by atoms with Crippen molar-refractivity contribution in [2.75, 3.05) is 33.7 Å². The summed E-state index contributed by atoms with van der Waals surface area (Å²) >= 11 is 0. The summed E-state index contributed by atoms with van der Waals surface area (Å²) in [6.07, 6.45) is 1.73. The van der Waals surface area contributed by atoms with E-state index in [9.17, 15) is 14.4 Å². The maximum Gasteiger partial charge on any atom is 0.234 e. The second-order valence-corrected chi connectivity index (χ2v) is 9.53. The van der Waals surface area contributed by atoms with E-state index in [-0.39, 0.29) is 36.5 Å². The number of aromatic nitrogens is 3. The van der Waals surface area contributed by atoms with Gasteiger partial charge in [-0.05, 0) is 26.4 Å². The molecule has 34 heavy (non-hydrogen) atoms. The van der Waals surface area contributed by atoms with Crippen molar-refractivity contribution in [2.24, 2.45) is 5.92 Å². The fourth-order valence-corrected chi connectivity index (χ4v) is 4.23. The van der Waals surface area contributed by atoms with Crippen LogP contribution in [0.4, 0.5) is 0 Å². The van der Waals surface area contributed by atoms with Gasteiger partial charge in [-0.25, -0.2) is 0 Å². The molecule has 2 amide bonds. The summed E-state index contributed by atoms with van der Waals surface area (Å²) in [6.45, 7) is 6.16. The highest BCUT2D eigenvalue weighted by molar-refractivity contribution is 5.97. The van der Waals surface area contributed by atoms with Crippen molar-refractivity contribution in [1.29, 1.82) is 0 Å². The molecule has 9 nitrogen and oxygen atoms in total. The van der Waals surface area contributed by atoms with Gasteiger partial charge in [0.1, 0.15) is 5.82 Å². The first-order valence-corrected chi connectivity index (χ1v) is 12.0. The van der Waals surface area contributed by atoms with Crippen molar-refractivity contribution >= 4 is 17.6 Å². The molecule has 3 rings (SSSR count). The Labute approximate surface area is 201 Å². The molecule has 0 radical (unpaired) electrons. The second-order valence-electron chi connectivity index (χ2n) is 9.53. The van der Waals surface area contributed by atoms with Crippen LogP contribution >= 0.6 is 0 Å². The minimum absolute atomic E-state index is 0.0202. The molecule has 2 aromatic rings. The molecule has 0 saturated carbocycles. The maximum atomic E-state index is 12.8. The summed E-state index contributed by atoms with van der Waals surface area (Å²) < 4.78 is 2.05. The number of carbonyl (C=O) groups excluding carboxylic acids is 3. The number of rotatable bonds is 10. The first-order chi connectivity index (χ1) is 16.2. The Morgan fingerprint density at radius 3 is 2.44 bits per heavy atom. The number of hydrogen-bond acceptors (Lipinski definition) is 6. The van der Waals surface area contributed by atoms with Crippen LogP contribution in [0, 0.1) is 5.92 Å². The molecule has 0 fully saturated rings. The highest BCUT2D eigenvalue weighted by Gasteiger charge is 2.27. The van der Waals surface area contributed by atoms with Crippen LogP contribution in [0.1, 0.15) is 61.2 Å². The molecule has 1 N–H and O–H groups in total. The van der Waals surface area contributed by atoms with Gasteiger partial charge in [0.15, 0.2) is 11.6 Å². The quantitative estimate of drug-likeness (QED) is 0.536. The number of amides is 2. The van der Waals surface area contributed by atoms with Crippen molar-refractivity contribution in [3.63, 3.8) is 0 Å². The lowest BCUT2D eigenvalue weighted by Crippen LogP contribution is -2.38. The number of carbonyl (C=O) groups is 3. The zero-order valence-electron chi connectivity index (χ0n) is 20.7. The van der Waals surface area contributed by atoms with Crippen molar-refractivity contribution in [3.05, 3.63) is 47.5 Å². The zero-order chi connectivity index (χ0) is 24.7.